The van der Waals surface area contributed by atoms with Crippen LogP contribution in [0.1, 0.15) is 43.0 Å². The zero-order valence-electron chi connectivity index (χ0n) is 16.3. The first-order valence-corrected chi connectivity index (χ1v) is 9.91. The van der Waals surface area contributed by atoms with Crippen molar-refractivity contribution < 1.29 is 4.74 Å². The van der Waals surface area contributed by atoms with Crippen molar-refractivity contribution in [1.29, 1.82) is 0 Å². The van der Waals surface area contributed by atoms with E-state index in [1.54, 1.807) is 0 Å². The molecule has 1 atom stereocenters. The van der Waals surface area contributed by atoms with E-state index in [-0.39, 0.29) is 6.10 Å². The minimum atomic E-state index is 0.0243. The highest BCUT2D eigenvalue weighted by molar-refractivity contribution is 5.80. The summed E-state index contributed by atoms with van der Waals surface area (Å²) >= 11 is 0. The van der Waals surface area contributed by atoms with E-state index in [9.17, 15) is 0 Å². The van der Waals surface area contributed by atoms with Crippen LogP contribution in [0, 0.1) is 0 Å². The van der Waals surface area contributed by atoms with Crippen LogP contribution >= 0.6 is 0 Å². The fourth-order valence-electron chi connectivity index (χ4n) is 3.78. The highest BCUT2D eigenvalue weighted by Gasteiger charge is 2.25. The Balaban J connectivity index is 1.46. The Morgan fingerprint density at radius 3 is 3.04 bits per heavy atom. The Morgan fingerprint density at radius 2 is 2.26 bits per heavy atom. The zero-order chi connectivity index (χ0) is 18.6. The summed E-state index contributed by atoms with van der Waals surface area (Å²) in [5.74, 6) is 2.14. The molecule has 2 aromatic heterocycles. The molecule has 8 nitrogen and oxygen atoms in total. The molecule has 0 bridgehead atoms. The van der Waals surface area contributed by atoms with Gasteiger partial charge in [0.2, 0.25) is 0 Å². The first-order valence-electron chi connectivity index (χ1n) is 9.91. The lowest BCUT2D eigenvalue weighted by molar-refractivity contribution is -0.00805. The van der Waals surface area contributed by atoms with E-state index in [0.29, 0.717) is 13.2 Å². The fraction of sp³-hybridized carbons (Fsp3) is 0.632. The van der Waals surface area contributed by atoms with Crippen LogP contribution in [0.15, 0.2) is 23.6 Å². The van der Waals surface area contributed by atoms with Crippen LogP contribution in [-0.2, 0) is 31.3 Å². The Hall–Kier alpha value is -2.35. The van der Waals surface area contributed by atoms with Crippen LogP contribution in [-0.4, -0.2) is 56.4 Å². The Morgan fingerprint density at radius 1 is 1.33 bits per heavy atom. The SMILES string of the molecule is CCNC(=NCc1cn2c(n1)CCCC2)N1CCOC(c2cnn(C)c2)C1. The fourth-order valence-corrected chi connectivity index (χ4v) is 3.78. The van der Waals surface area contributed by atoms with Gasteiger partial charge in [-0.2, -0.15) is 5.10 Å². The lowest BCUT2D eigenvalue weighted by Crippen LogP contribution is -2.48. The second-order valence-electron chi connectivity index (χ2n) is 7.22. The van der Waals surface area contributed by atoms with Crippen LogP contribution in [0.3, 0.4) is 0 Å². The summed E-state index contributed by atoms with van der Waals surface area (Å²) < 4.78 is 10.1. The van der Waals surface area contributed by atoms with Gasteiger partial charge in [-0.25, -0.2) is 9.98 Å². The molecule has 0 amide bonds. The molecule has 1 saturated heterocycles. The Bertz CT molecular complexity index is 770. The molecule has 8 heteroatoms. The van der Waals surface area contributed by atoms with Crippen LogP contribution < -0.4 is 5.32 Å². The van der Waals surface area contributed by atoms with Crippen LogP contribution in [0.25, 0.3) is 0 Å². The molecule has 1 unspecified atom stereocenters. The summed E-state index contributed by atoms with van der Waals surface area (Å²) in [5.41, 5.74) is 2.17. The third-order valence-corrected chi connectivity index (χ3v) is 5.15. The minimum absolute atomic E-state index is 0.0243. The number of hydrogen-bond donors (Lipinski definition) is 1. The van der Waals surface area contributed by atoms with Gasteiger partial charge < -0.3 is 19.5 Å². The Kier molecular flexibility index (Phi) is 5.42. The van der Waals surface area contributed by atoms with E-state index >= 15 is 0 Å². The van der Waals surface area contributed by atoms with E-state index < -0.39 is 0 Å². The van der Waals surface area contributed by atoms with Gasteiger partial charge in [0.25, 0.3) is 0 Å². The molecule has 0 spiro atoms. The molecule has 1 N–H and O–H groups in total. The van der Waals surface area contributed by atoms with Crippen molar-refractivity contribution in [2.75, 3.05) is 26.2 Å². The zero-order valence-corrected chi connectivity index (χ0v) is 16.3. The van der Waals surface area contributed by atoms with Crippen LogP contribution in [0.2, 0.25) is 0 Å². The summed E-state index contributed by atoms with van der Waals surface area (Å²) in [6.45, 7) is 6.93. The van der Waals surface area contributed by atoms with Gasteiger partial charge in [-0.1, -0.05) is 0 Å². The number of nitrogens with zero attached hydrogens (tertiary/aromatic N) is 6. The van der Waals surface area contributed by atoms with Gasteiger partial charge in [-0.15, -0.1) is 0 Å². The molecule has 4 rings (SSSR count). The van der Waals surface area contributed by atoms with Crippen LogP contribution in [0.5, 0.6) is 0 Å². The number of imidazole rings is 1. The van der Waals surface area contributed by atoms with E-state index in [0.717, 1.165) is 49.8 Å². The lowest BCUT2D eigenvalue weighted by atomic mass is 10.1. The van der Waals surface area contributed by atoms with Gasteiger partial charge in [-0.05, 0) is 19.8 Å². The molecule has 146 valence electrons. The first-order chi connectivity index (χ1) is 13.2. The number of guanidine groups is 1. The number of aromatic nitrogens is 4. The maximum Gasteiger partial charge on any atom is 0.194 e. The molecule has 0 saturated carbocycles. The first kappa shape index (κ1) is 18.0. The topological polar surface area (TPSA) is 72.5 Å². The van der Waals surface area contributed by atoms with Crippen molar-refractivity contribution >= 4 is 5.96 Å². The van der Waals surface area contributed by atoms with Gasteiger partial charge in [0.15, 0.2) is 5.96 Å². The quantitative estimate of drug-likeness (QED) is 0.651. The van der Waals surface area contributed by atoms with Gasteiger partial charge in [0.1, 0.15) is 11.9 Å². The second-order valence-corrected chi connectivity index (χ2v) is 7.22. The van der Waals surface area contributed by atoms with E-state index in [2.05, 4.69) is 33.0 Å². The maximum absolute atomic E-state index is 5.96. The molecule has 0 aromatic carbocycles. The number of morpholine rings is 1. The number of rotatable bonds is 4. The average Bonchev–Trinajstić information content (AvgIpc) is 3.31. The molecular formula is C19H29N7O. The molecule has 27 heavy (non-hydrogen) atoms. The summed E-state index contributed by atoms with van der Waals surface area (Å²) in [7, 11) is 1.93. The van der Waals surface area contributed by atoms with Crippen molar-refractivity contribution in [3.05, 3.63) is 35.7 Å². The Labute approximate surface area is 160 Å². The van der Waals surface area contributed by atoms with Crippen LogP contribution in [0.4, 0.5) is 0 Å². The lowest BCUT2D eigenvalue weighted by Gasteiger charge is -2.34. The summed E-state index contributed by atoms with van der Waals surface area (Å²) in [6, 6.07) is 0. The monoisotopic (exact) mass is 371 g/mol. The van der Waals surface area contributed by atoms with Crippen molar-refractivity contribution in [3.63, 3.8) is 0 Å². The number of aliphatic imine (C=N–C) groups is 1. The number of hydrogen-bond acceptors (Lipinski definition) is 4. The summed E-state index contributed by atoms with van der Waals surface area (Å²) in [4.78, 5) is 11.9. The predicted octanol–water partition coefficient (Wildman–Crippen LogP) is 1.49. The largest absolute Gasteiger partial charge is 0.370 e. The molecule has 1 fully saturated rings. The molecule has 2 aromatic rings. The molecule has 2 aliphatic heterocycles. The molecule has 0 aliphatic carbocycles. The van der Waals surface area contributed by atoms with E-state index in [1.165, 1.54) is 18.7 Å². The molecule has 2 aliphatic rings. The van der Waals surface area contributed by atoms with Gasteiger partial charge in [-0.3, -0.25) is 4.68 Å². The summed E-state index contributed by atoms with van der Waals surface area (Å²) in [6.07, 6.45) is 9.67. The normalized spacial score (nSPS) is 20.6. The maximum atomic E-state index is 5.96. The van der Waals surface area contributed by atoms with Crippen molar-refractivity contribution in [2.24, 2.45) is 12.0 Å². The number of nitrogens with one attached hydrogen (secondary N) is 1. The highest BCUT2D eigenvalue weighted by Crippen LogP contribution is 2.22. The minimum Gasteiger partial charge on any atom is -0.370 e. The number of fused-ring (bicyclic) bond motifs is 1. The molecular weight excluding hydrogens is 342 g/mol. The smallest absolute Gasteiger partial charge is 0.194 e. The highest BCUT2D eigenvalue weighted by atomic mass is 16.5. The van der Waals surface area contributed by atoms with Gasteiger partial charge in [0.05, 0.1) is 31.6 Å². The second kappa shape index (κ2) is 8.12. The average molecular weight is 371 g/mol. The third kappa shape index (κ3) is 4.16. The molecule has 0 radical (unpaired) electrons. The van der Waals surface area contributed by atoms with Crippen molar-refractivity contribution in [3.8, 4) is 0 Å². The third-order valence-electron chi connectivity index (χ3n) is 5.15. The van der Waals surface area contributed by atoms with Gasteiger partial charge in [0, 0.05) is 51.1 Å². The van der Waals surface area contributed by atoms with Crippen molar-refractivity contribution in [1.82, 2.24) is 29.5 Å². The van der Waals surface area contributed by atoms with Gasteiger partial charge >= 0.3 is 0 Å². The standard InChI is InChI=1S/C19H29N7O/c1-3-20-19(21-11-16-13-25-7-5-4-6-18(25)23-16)26-8-9-27-17(14-26)15-10-22-24(2)12-15/h10,12-13,17H,3-9,11,14H2,1-2H3,(H,20,21). The van der Waals surface area contributed by atoms with E-state index in [4.69, 9.17) is 14.7 Å². The number of aryl methyl sites for hydroxylation is 3. The van der Waals surface area contributed by atoms with E-state index in [1.807, 2.05) is 24.1 Å². The van der Waals surface area contributed by atoms with Crippen molar-refractivity contribution in [2.45, 2.75) is 45.4 Å². The molecule has 4 heterocycles. The number of ether oxygens (including phenoxy) is 1. The predicted molar refractivity (Wildman–Crippen MR) is 103 cm³/mol. The summed E-state index contributed by atoms with van der Waals surface area (Å²) in [5, 5.41) is 7.69.